The number of rotatable bonds is 4. The lowest BCUT2D eigenvalue weighted by Gasteiger charge is -2.06. The van der Waals surface area contributed by atoms with Crippen molar-refractivity contribution in [1.29, 1.82) is 0 Å². The summed E-state index contributed by atoms with van der Waals surface area (Å²) in [6, 6.07) is 12.6. The van der Waals surface area contributed by atoms with Crippen LogP contribution in [-0.2, 0) is 0 Å². The molecule has 0 fully saturated rings. The normalized spacial score (nSPS) is 11.9. The Morgan fingerprint density at radius 3 is 2.70 bits per heavy atom. The van der Waals surface area contributed by atoms with Crippen molar-refractivity contribution in [2.45, 2.75) is 0 Å². The molecule has 0 atom stereocenters. The van der Waals surface area contributed by atoms with Gasteiger partial charge < -0.3 is 9.47 Å². The molecule has 0 saturated heterocycles. The van der Waals surface area contributed by atoms with Crippen LogP contribution in [0, 0.1) is 0 Å². The summed E-state index contributed by atoms with van der Waals surface area (Å²) in [4.78, 5) is 13.5. The van der Waals surface area contributed by atoms with Gasteiger partial charge >= 0.3 is 0 Å². The number of hydrogen-bond acceptors (Lipinski definition) is 6. The second kappa shape index (κ2) is 7.02. The van der Waals surface area contributed by atoms with E-state index in [1.807, 2.05) is 18.2 Å². The van der Waals surface area contributed by atoms with Crippen LogP contribution in [0.4, 0.5) is 0 Å². The summed E-state index contributed by atoms with van der Waals surface area (Å²) in [7, 11) is 3.17. The van der Waals surface area contributed by atoms with E-state index in [4.69, 9.17) is 21.1 Å². The van der Waals surface area contributed by atoms with E-state index in [2.05, 4.69) is 10.2 Å². The fraction of sp³-hybridized carbons (Fsp3) is 0.105. The highest BCUT2D eigenvalue weighted by Crippen LogP contribution is 2.25. The fourth-order valence-corrected chi connectivity index (χ4v) is 3.86. The van der Waals surface area contributed by atoms with Gasteiger partial charge in [0.05, 0.1) is 18.8 Å². The van der Waals surface area contributed by atoms with Crippen LogP contribution < -0.4 is 19.6 Å². The number of hydrogen-bond donors (Lipinski definition) is 0. The molecule has 0 saturated carbocycles. The van der Waals surface area contributed by atoms with Gasteiger partial charge in [-0.05, 0) is 36.4 Å². The van der Waals surface area contributed by atoms with E-state index in [0.717, 1.165) is 11.1 Å². The maximum atomic E-state index is 13.0. The molecule has 0 aliphatic rings. The quantitative estimate of drug-likeness (QED) is 0.527. The highest BCUT2D eigenvalue weighted by atomic mass is 35.5. The van der Waals surface area contributed by atoms with Gasteiger partial charge in [0.2, 0.25) is 4.96 Å². The molecule has 2 aromatic carbocycles. The number of methoxy groups -OCH3 is 2. The third-order valence-electron chi connectivity index (χ3n) is 4.05. The van der Waals surface area contributed by atoms with Crippen molar-refractivity contribution in [2.24, 2.45) is 0 Å². The fourth-order valence-electron chi connectivity index (χ4n) is 2.77. The summed E-state index contributed by atoms with van der Waals surface area (Å²) in [5.74, 6) is 1.79. The maximum Gasteiger partial charge on any atom is 0.276 e. The predicted octanol–water partition coefficient (Wildman–Crippen LogP) is 3.04. The summed E-state index contributed by atoms with van der Waals surface area (Å²) >= 11 is 7.33. The maximum absolute atomic E-state index is 13.0. The van der Waals surface area contributed by atoms with E-state index in [0.29, 0.717) is 31.8 Å². The molecule has 0 unspecified atom stereocenters. The first-order valence-corrected chi connectivity index (χ1v) is 9.18. The SMILES string of the molecule is COc1ccc(OC)c(/C=c2\sc3nnc(-c4cccc(Cl)c4)n3c2=O)c1. The average Bonchev–Trinajstić information content (AvgIpc) is 3.22. The van der Waals surface area contributed by atoms with Gasteiger partial charge in [-0.25, -0.2) is 4.40 Å². The Bertz CT molecular complexity index is 1250. The van der Waals surface area contributed by atoms with Crippen molar-refractivity contribution in [3.05, 3.63) is 67.9 Å². The molecule has 0 N–H and O–H groups in total. The molecular weight excluding hydrogens is 386 g/mol. The first-order valence-electron chi connectivity index (χ1n) is 7.98. The van der Waals surface area contributed by atoms with Crippen molar-refractivity contribution >= 4 is 34.0 Å². The smallest absolute Gasteiger partial charge is 0.276 e. The third-order valence-corrected chi connectivity index (χ3v) is 5.25. The number of benzene rings is 2. The van der Waals surface area contributed by atoms with Crippen molar-refractivity contribution in [3.8, 4) is 22.9 Å². The standard InChI is InChI=1S/C19H14ClN3O3S/c1-25-14-6-7-15(26-2)12(9-14)10-16-18(24)23-17(21-22-19(23)27-16)11-4-3-5-13(20)8-11/h3-10H,1-2H3/b16-10-. The monoisotopic (exact) mass is 399 g/mol. The third kappa shape index (κ3) is 3.15. The van der Waals surface area contributed by atoms with Crippen LogP contribution in [0.25, 0.3) is 22.4 Å². The van der Waals surface area contributed by atoms with Crippen LogP contribution in [0.3, 0.4) is 0 Å². The van der Waals surface area contributed by atoms with Gasteiger partial charge in [0.25, 0.3) is 5.56 Å². The molecule has 0 spiro atoms. The number of ether oxygens (including phenoxy) is 2. The molecule has 8 heteroatoms. The van der Waals surface area contributed by atoms with Gasteiger partial charge in [0, 0.05) is 16.1 Å². The second-order valence-electron chi connectivity index (χ2n) is 5.68. The van der Waals surface area contributed by atoms with E-state index in [1.165, 1.54) is 15.7 Å². The van der Waals surface area contributed by atoms with Crippen molar-refractivity contribution < 1.29 is 9.47 Å². The largest absolute Gasteiger partial charge is 0.497 e. The predicted molar refractivity (Wildman–Crippen MR) is 106 cm³/mol. The molecule has 2 heterocycles. The lowest BCUT2D eigenvalue weighted by Crippen LogP contribution is -2.23. The lowest BCUT2D eigenvalue weighted by atomic mass is 10.2. The lowest BCUT2D eigenvalue weighted by molar-refractivity contribution is 0.402. The summed E-state index contributed by atoms with van der Waals surface area (Å²) in [5, 5.41) is 8.85. The van der Waals surface area contributed by atoms with Crippen LogP contribution in [0.5, 0.6) is 11.5 Å². The molecule has 0 radical (unpaired) electrons. The van der Waals surface area contributed by atoms with Crippen LogP contribution in [0.15, 0.2) is 47.3 Å². The Morgan fingerprint density at radius 1 is 1.11 bits per heavy atom. The minimum atomic E-state index is -0.195. The zero-order valence-corrected chi connectivity index (χ0v) is 16.0. The molecule has 4 rings (SSSR count). The van der Waals surface area contributed by atoms with Crippen molar-refractivity contribution in [2.75, 3.05) is 14.2 Å². The molecule has 2 aromatic heterocycles. The first-order chi connectivity index (χ1) is 13.1. The molecule has 4 aromatic rings. The molecule has 0 aliphatic heterocycles. The average molecular weight is 400 g/mol. The van der Waals surface area contributed by atoms with Gasteiger partial charge in [-0.3, -0.25) is 4.79 Å². The highest BCUT2D eigenvalue weighted by Gasteiger charge is 2.15. The number of fused-ring (bicyclic) bond motifs is 1. The Morgan fingerprint density at radius 2 is 1.96 bits per heavy atom. The van der Waals surface area contributed by atoms with E-state index in [-0.39, 0.29) is 5.56 Å². The molecule has 0 amide bonds. The Kier molecular flexibility index (Phi) is 4.55. The van der Waals surface area contributed by atoms with Crippen molar-refractivity contribution in [3.63, 3.8) is 0 Å². The molecule has 6 nitrogen and oxygen atoms in total. The summed E-state index contributed by atoms with van der Waals surface area (Å²) < 4.78 is 12.7. The van der Waals surface area contributed by atoms with Crippen LogP contribution in [0.1, 0.15) is 5.56 Å². The summed E-state index contributed by atoms with van der Waals surface area (Å²) in [6.07, 6.45) is 1.77. The van der Waals surface area contributed by atoms with Crippen LogP contribution in [-0.4, -0.2) is 28.8 Å². The Labute approximate surface area is 163 Å². The van der Waals surface area contributed by atoms with Crippen LogP contribution >= 0.6 is 22.9 Å². The molecule has 136 valence electrons. The highest BCUT2D eigenvalue weighted by molar-refractivity contribution is 7.15. The minimum absolute atomic E-state index is 0.195. The molecular formula is C19H14ClN3O3S. The van der Waals surface area contributed by atoms with Gasteiger partial charge in [-0.1, -0.05) is 35.1 Å². The van der Waals surface area contributed by atoms with Gasteiger partial charge in [-0.15, -0.1) is 10.2 Å². The summed E-state index contributed by atoms with van der Waals surface area (Å²) in [5.41, 5.74) is 1.28. The Hall–Kier alpha value is -2.90. The molecule has 27 heavy (non-hydrogen) atoms. The first kappa shape index (κ1) is 17.5. The summed E-state index contributed by atoms with van der Waals surface area (Å²) in [6.45, 7) is 0. The molecule has 0 bridgehead atoms. The van der Waals surface area contributed by atoms with E-state index in [9.17, 15) is 4.79 Å². The number of thiazole rings is 1. The van der Waals surface area contributed by atoms with Gasteiger partial charge in [0.15, 0.2) is 5.82 Å². The van der Waals surface area contributed by atoms with Gasteiger partial charge in [0.1, 0.15) is 11.5 Å². The number of nitrogens with zero attached hydrogens (tertiary/aromatic N) is 3. The zero-order chi connectivity index (χ0) is 19.0. The number of halogens is 1. The minimum Gasteiger partial charge on any atom is -0.497 e. The Balaban J connectivity index is 1.92. The van der Waals surface area contributed by atoms with E-state index < -0.39 is 0 Å². The van der Waals surface area contributed by atoms with Gasteiger partial charge in [-0.2, -0.15) is 0 Å². The van der Waals surface area contributed by atoms with E-state index >= 15 is 0 Å². The van der Waals surface area contributed by atoms with Crippen LogP contribution in [0.2, 0.25) is 5.02 Å². The van der Waals surface area contributed by atoms with E-state index in [1.54, 1.807) is 44.6 Å². The number of aromatic nitrogens is 3. The zero-order valence-electron chi connectivity index (χ0n) is 14.5. The van der Waals surface area contributed by atoms with Crippen molar-refractivity contribution in [1.82, 2.24) is 14.6 Å². The molecule has 0 aliphatic carbocycles. The topological polar surface area (TPSA) is 65.7 Å². The second-order valence-corrected chi connectivity index (χ2v) is 7.12.